The highest BCUT2D eigenvalue weighted by Gasteiger charge is 2.21. The molecule has 0 spiro atoms. The first-order valence-corrected chi connectivity index (χ1v) is 6.53. The molecule has 3 heteroatoms. The molecule has 1 rings (SSSR count). The first kappa shape index (κ1) is 13.7. The van der Waals surface area contributed by atoms with Crippen molar-refractivity contribution in [3.05, 3.63) is 0 Å². The molecule has 1 fully saturated rings. The van der Waals surface area contributed by atoms with Crippen molar-refractivity contribution in [3.8, 4) is 0 Å². The predicted molar refractivity (Wildman–Crippen MR) is 65.6 cm³/mol. The summed E-state index contributed by atoms with van der Waals surface area (Å²) in [5.41, 5.74) is 0. The normalized spacial score (nSPS) is 18.3. The van der Waals surface area contributed by atoms with Crippen LogP contribution >= 0.6 is 0 Å². The molecule has 0 aromatic rings. The molecule has 1 aliphatic rings. The number of hydrogen-bond acceptors (Lipinski definition) is 3. The Balaban J connectivity index is 2.05. The molecule has 94 valence electrons. The molecule has 0 atom stereocenters. The van der Waals surface area contributed by atoms with Crippen LogP contribution in [0.25, 0.3) is 0 Å². The van der Waals surface area contributed by atoms with Crippen LogP contribution in [-0.2, 0) is 9.53 Å². The summed E-state index contributed by atoms with van der Waals surface area (Å²) in [5, 5.41) is 0. The van der Waals surface area contributed by atoms with Crippen LogP contribution in [0.1, 0.15) is 45.4 Å². The van der Waals surface area contributed by atoms with Gasteiger partial charge in [-0.05, 0) is 26.3 Å². The van der Waals surface area contributed by atoms with Gasteiger partial charge in [0.2, 0.25) is 0 Å². The smallest absolute Gasteiger partial charge is 0.133 e. The molecular formula is C13H25NO2. The van der Waals surface area contributed by atoms with E-state index in [0.717, 1.165) is 51.9 Å². The van der Waals surface area contributed by atoms with E-state index in [2.05, 4.69) is 18.9 Å². The van der Waals surface area contributed by atoms with E-state index in [1.54, 1.807) is 0 Å². The third-order valence-electron chi connectivity index (χ3n) is 3.37. The van der Waals surface area contributed by atoms with Gasteiger partial charge >= 0.3 is 0 Å². The number of hydrogen-bond donors (Lipinski definition) is 0. The number of likely N-dealkylation sites (N-methyl/N-ethyl adjacent to an activating group) is 1. The monoisotopic (exact) mass is 227 g/mol. The van der Waals surface area contributed by atoms with E-state index in [1.807, 2.05) is 0 Å². The summed E-state index contributed by atoms with van der Waals surface area (Å²) in [6.45, 7) is 4.87. The summed E-state index contributed by atoms with van der Waals surface area (Å²) in [7, 11) is 2.14. The number of nitrogens with zero attached hydrogens (tertiary/aromatic N) is 1. The summed E-state index contributed by atoms with van der Waals surface area (Å²) in [4.78, 5) is 13.5. The minimum Gasteiger partial charge on any atom is -0.380 e. The molecule has 0 N–H and O–H groups in total. The Kier molecular flexibility index (Phi) is 6.65. The molecular weight excluding hydrogens is 202 g/mol. The van der Waals surface area contributed by atoms with Gasteiger partial charge in [-0.2, -0.15) is 0 Å². The van der Waals surface area contributed by atoms with Crippen LogP contribution in [0, 0.1) is 0 Å². The van der Waals surface area contributed by atoms with Crippen LogP contribution in [0.5, 0.6) is 0 Å². The van der Waals surface area contributed by atoms with Crippen molar-refractivity contribution in [1.82, 2.24) is 4.90 Å². The maximum Gasteiger partial charge on any atom is 0.133 e. The Bertz CT molecular complexity index is 196. The fourth-order valence-corrected chi connectivity index (χ4v) is 2.10. The lowest BCUT2D eigenvalue weighted by Crippen LogP contribution is -2.37. The summed E-state index contributed by atoms with van der Waals surface area (Å²) in [5.74, 6) is 0.434. The average Bonchev–Trinajstić information content (AvgIpc) is 2.29. The number of carbonyl (C=O) groups is 1. The van der Waals surface area contributed by atoms with Crippen LogP contribution in [0.3, 0.4) is 0 Å². The Morgan fingerprint density at radius 1 is 1.31 bits per heavy atom. The summed E-state index contributed by atoms with van der Waals surface area (Å²) in [6.07, 6.45) is 5.95. The van der Waals surface area contributed by atoms with E-state index in [9.17, 15) is 4.79 Å². The third kappa shape index (κ3) is 5.08. The van der Waals surface area contributed by atoms with Gasteiger partial charge < -0.3 is 9.64 Å². The Morgan fingerprint density at radius 3 is 2.62 bits per heavy atom. The lowest BCUT2D eigenvalue weighted by Gasteiger charge is -2.30. The molecule has 0 saturated heterocycles. The zero-order chi connectivity index (χ0) is 11.8. The zero-order valence-corrected chi connectivity index (χ0v) is 10.7. The SMILES string of the molecule is CCCCOCCN(C)C1CCC(=O)CC1. The molecule has 0 aromatic heterocycles. The Morgan fingerprint density at radius 2 is 2.00 bits per heavy atom. The van der Waals surface area contributed by atoms with Gasteiger partial charge in [0.15, 0.2) is 0 Å². The van der Waals surface area contributed by atoms with Crippen molar-refractivity contribution >= 4 is 5.78 Å². The second-order valence-corrected chi connectivity index (χ2v) is 4.72. The molecule has 1 aliphatic carbocycles. The van der Waals surface area contributed by atoms with E-state index < -0.39 is 0 Å². The van der Waals surface area contributed by atoms with E-state index >= 15 is 0 Å². The number of ketones is 1. The lowest BCUT2D eigenvalue weighted by atomic mass is 9.93. The molecule has 3 nitrogen and oxygen atoms in total. The molecule has 0 aromatic carbocycles. The van der Waals surface area contributed by atoms with Crippen LogP contribution in [0.2, 0.25) is 0 Å². The second-order valence-electron chi connectivity index (χ2n) is 4.72. The quantitative estimate of drug-likeness (QED) is 0.625. The maximum absolute atomic E-state index is 11.1. The topological polar surface area (TPSA) is 29.5 Å². The van der Waals surface area contributed by atoms with Crippen molar-refractivity contribution in [2.24, 2.45) is 0 Å². The summed E-state index contributed by atoms with van der Waals surface area (Å²) >= 11 is 0. The maximum atomic E-state index is 11.1. The van der Waals surface area contributed by atoms with Gasteiger partial charge in [-0.15, -0.1) is 0 Å². The number of Topliss-reactive ketones (excluding diaryl/α,β-unsaturated/α-hetero) is 1. The van der Waals surface area contributed by atoms with Crippen LogP contribution in [0.15, 0.2) is 0 Å². The molecule has 0 unspecified atom stereocenters. The van der Waals surface area contributed by atoms with E-state index in [-0.39, 0.29) is 0 Å². The summed E-state index contributed by atoms with van der Waals surface area (Å²) in [6, 6.07) is 0.590. The van der Waals surface area contributed by atoms with Gasteiger partial charge in [0, 0.05) is 32.0 Å². The fraction of sp³-hybridized carbons (Fsp3) is 0.923. The molecule has 1 saturated carbocycles. The number of carbonyl (C=O) groups excluding carboxylic acids is 1. The van der Waals surface area contributed by atoms with Crippen molar-refractivity contribution in [1.29, 1.82) is 0 Å². The van der Waals surface area contributed by atoms with Crippen molar-refractivity contribution in [3.63, 3.8) is 0 Å². The van der Waals surface area contributed by atoms with Crippen LogP contribution < -0.4 is 0 Å². The minimum atomic E-state index is 0.434. The zero-order valence-electron chi connectivity index (χ0n) is 10.7. The van der Waals surface area contributed by atoms with Crippen LogP contribution in [0.4, 0.5) is 0 Å². The molecule has 0 aliphatic heterocycles. The molecule has 16 heavy (non-hydrogen) atoms. The standard InChI is InChI=1S/C13H25NO2/c1-3-4-10-16-11-9-14(2)12-5-7-13(15)8-6-12/h12H,3-11H2,1-2H3. The largest absolute Gasteiger partial charge is 0.380 e. The molecule has 0 heterocycles. The van der Waals surface area contributed by atoms with E-state index in [1.165, 1.54) is 6.42 Å². The predicted octanol–water partition coefficient (Wildman–Crippen LogP) is 2.25. The minimum absolute atomic E-state index is 0.434. The lowest BCUT2D eigenvalue weighted by molar-refractivity contribution is -0.121. The van der Waals surface area contributed by atoms with Gasteiger partial charge in [0.05, 0.1) is 6.61 Å². The van der Waals surface area contributed by atoms with Gasteiger partial charge in [-0.1, -0.05) is 13.3 Å². The van der Waals surface area contributed by atoms with Crippen molar-refractivity contribution in [2.45, 2.75) is 51.5 Å². The first-order chi connectivity index (χ1) is 7.74. The molecule has 0 amide bonds. The highest BCUT2D eigenvalue weighted by Crippen LogP contribution is 2.18. The van der Waals surface area contributed by atoms with Gasteiger partial charge in [-0.25, -0.2) is 0 Å². The molecule has 0 radical (unpaired) electrons. The molecule has 0 bridgehead atoms. The fourth-order valence-electron chi connectivity index (χ4n) is 2.10. The first-order valence-electron chi connectivity index (χ1n) is 6.53. The second kappa shape index (κ2) is 7.80. The third-order valence-corrected chi connectivity index (χ3v) is 3.37. The average molecular weight is 227 g/mol. The number of unbranched alkanes of at least 4 members (excludes halogenated alkanes) is 1. The summed E-state index contributed by atoms with van der Waals surface area (Å²) < 4.78 is 5.55. The van der Waals surface area contributed by atoms with E-state index in [0.29, 0.717) is 11.8 Å². The van der Waals surface area contributed by atoms with Gasteiger partial charge in [-0.3, -0.25) is 4.79 Å². The number of ether oxygens (including phenoxy) is 1. The van der Waals surface area contributed by atoms with E-state index in [4.69, 9.17) is 4.74 Å². The number of rotatable bonds is 7. The van der Waals surface area contributed by atoms with Gasteiger partial charge in [0.25, 0.3) is 0 Å². The van der Waals surface area contributed by atoms with Crippen LogP contribution in [-0.4, -0.2) is 43.5 Å². The Labute approximate surface area is 99.1 Å². The highest BCUT2D eigenvalue weighted by atomic mass is 16.5. The Hall–Kier alpha value is -0.410. The highest BCUT2D eigenvalue weighted by molar-refractivity contribution is 5.79. The van der Waals surface area contributed by atoms with Gasteiger partial charge in [0.1, 0.15) is 5.78 Å². The van der Waals surface area contributed by atoms with Crippen molar-refractivity contribution < 1.29 is 9.53 Å². The van der Waals surface area contributed by atoms with Crippen molar-refractivity contribution in [2.75, 3.05) is 26.8 Å².